The third kappa shape index (κ3) is 3.26. The molecule has 4 nitrogen and oxygen atoms in total. The van der Waals surface area contributed by atoms with Crippen LogP contribution >= 0.6 is 11.3 Å². The molecule has 0 aliphatic carbocycles. The van der Waals surface area contributed by atoms with Crippen molar-refractivity contribution in [3.63, 3.8) is 0 Å². The van der Waals surface area contributed by atoms with E-state index in [0.717, 1.165) is 21.5 Å². The highest BCUT2D eigenvalue weighted by molar-refractivity contribution is 7.89. The van der Waals surface area contributed by atoms with Crippen LogP contribution in [-0.4, -0.2) is 13.4 Å². The molecule has 1 N–H and O–H groups in total. The summed E-state index contributed by atoms with van der Waals surface area (Å²) >= 11 is 1.58. The van der Waals surface area contributed by atoms with Gasteiger partial charge in [-0.15, -0.1) is 11.3 Å². The Morgan fingerprint density at radius 1 is 0.923 bits per heavy atom. The number of nitrogens with zero attached hydrogens (tertiary/aromatic N) is 1. The van der Waals surface area contributed by atoms with Crippen LogP contribution < -0.4 is 4.72 Å². The number of hydrogen-bond donors (Lipinski definition) is 1. The van der Waals surface area contributed by atoms with Crippen LogP contribution in [-0.2, 0) is 16.6 Å². The van der Waals surface area contributed by atoms with Crippen LogP contribution in [0.5, 0.6) is 0 Å². The highest BCUT2D eigenvalue weighted by Crippen LogP contribution is 2.27. The number of sulfonamides is 1. The third-order valence-electron chi connectivity index (χ3n) is 4.14. The Kier molecular flexibility index (Phi) is 4.55. The lowest BCUT2D eigenvalue weighted by molar-refractivity contribution is 0.582. The number of fused-ring (bicyclic) bond motifs is 1. The van der Waals surface area contributed by atoms with E-state index in [2.05, 4.69) is 9.71 Å². The molecular weight excluding hydrogens is 364 g/mol. The Morgan fingerprint density at radius 3 is 2.62 bits per heavy atom. The normalized spacial score (nSPS) is 11.7. The Labute approximate surface area is 156 Å². The van der Waals surface area contributed by atoms with Crippen LogP contribution in [0.3, 0.4) is 0 Å². The highest BCUT2D eigenvalue weighted by Gasteiger charge is 2.18. The van der Waals surface area contributed by atoms with Crippen LogP contribution in [0.1, 0.15) is 5.56 Å². The molecular formula is C20H16N2O2S2. The number of hydrogen-bond acceptors (Lipinski definition) is 4. The fourth-order valence-corrected chi connectivity index (χ4v) is 4.89. The number of aromatic nitrogens is 1. The van der Waals surface area contributed by atoms with Gasteiger partial charge in [0.25, 0.3) is 0 Å². The first-order chi connectivity index (χ1) is 12.6. The molecule has 6 heteroatoms. The summed E-state index contributed by atoms with van der Waals surface area (Å²) in [7, 11) is -3.65. The van der Waals surface area contributed by atoms with E-state index >= 15 is 0 Å². The van der Waals surface area contributed by atoms with E-state index in [0.29, 0.717) is 5.39 Å². The zero-order chi connectivity index (χ0) is 18.0. The summed E-state index contributed by atoms with van der Waals surface area (Å²) in [4.78, 5) is 5.73. The fraction of sp³-hybridized carbons (Fsp3) is 0.0500. The minimum atomic E-state index is -3.65. The van der Waals surface area contributed by atoms with Crippen molar-refractivity contribution in [3.05, 3.63) is 83.9 Å². The predicted octanol–water partition coefficient (Wildman–Crippen LogP) is 4.44. The minimum absolute atomic E-state index is 0.187. The maximum absolute atomic E-state index is 12.9. The van der Waals surface area contributed by atoms with E-state index < -0.39 is 10.0 Å². The molecule has 26 heavy (non-hydrogen) atoms. The Hall–Kier alpha value is -2.54. The SMILES string of the molecule is O=S(=O)(NCc1cccnc1-c1cccs1)c1cccc2ccccc12. The lowest BCUT2D eigenvalue weighted by Gasteiger charge is -2.11. The van der Waals surface area contributed by atoms with Gasteiger partial charge < -0.3 is 0 Å². The van der Waals surface area contributed by atoms with Gasteiger partial charge in [0.1, 0.15) is 0 Å². The van der Waals surface area contributed by atoms with Gasteiger partial charge in [0, 0.05) is 18.1 Å². The van der Waals surface area contributed by atoms with Crippen molar-refractivity contribution >= 4 is 32.1 Å². The summed E-state index contributed by atoms with van der Waals surface area (Å²) in [5, 5.41) is 3.59. The van der Waals surface area contributed by atoms with Crippen molar-refractivity contribution in [3.8, 4) is 10.6 Å². The number of pyridine rings is 1. The van der Waals surface area contributed by atoms with Gasteiger partial charge in [-0.3, -0.25) is 4.98 Å². The van der Waals surface area contributed by atoms with E-state index in [4.69, 9.17) is 0 Å². The molecule has 4 aromatic rings. The van der Waals surface area contributed by atoms with E-state index in [9.17, 15) is 8.42 Å². The second kappa shape index (κ2) is 6.99. The van der Waals surface area contributed by atoms with Crippen molar-refractivity contribution in [1.29, 1.82) is 0 Å². The monoisotopic (exact) mass is 380 g/mol. The smallest absolute Gasteiger partial charge is 0.241 e. The number of benzene rings is 2. The molecule has 0 atom stereocenters. The maximum Gasteiger partial charge on any atom is 0.241 e. The first-order valence-electron chi connectivity index (χ1n) is 8.10. The molecule has 0 bridgehead atoms. The van der Waals surface area contributed by atoms with E-state index in [1.165, 1.54) is 0 Å². The van der Waals surface area contributed by atoms with Crippen LogP contribution in [0.15, 0.2) is 83.2 Å². The Morgan fingerprint density at radius 2 is 1.77 bits per heavy atom. The number of nitrogens with one attached hydrogen (secondary N) is 1. The van der Waals surface area contributed by atoms with Gasteiger partial charge >= 0.3 is 0 Å². The fourth-order valence-electron chi connectivity index (χ4n) is 2.90. The number of thiophene rings is 1. The highest BCUT2D eigenvalue weighted by atomic mass is 32.2. The molecule has 2 heterocycles. The molecule has 0 radical (unpaired) electrons. The van der Waals surface area contributed by atoms with E-state index in [1.54, 1.807) is 29.7 Å². The Balaban J connectivity index is 1.66. The summed E-state index contributed by atoms with van der Waals surface area (Å²) in [5.74, 6) is 0. The molecule has 0 saturated heterocycles. The van der Waals surface area contributed by atoms with Crippen LogP contribution in [0, 0.1) is 0 Å². The van der Waals surface area contributed by atoms with Gasteiger partial charge in [-0.05, 0) is 34.5 Å². The molecule has 0 amide bonds. The zero-order valence-electron chi connectivity index (χ0n) is 13.8. The standard InChI is InChI=1S/C20H16N2O2S2/c23-26(24,19-11-3-7-15-6-1-2-9-17(15)19)22-14-16-8-4-12-21-20(16)18-10-5-13-25-18/h1-13,22H,14H2. The summed E-state index contributed by atoms with van der Waals surface area (Å²) < 4.78 is 28.5. The van der Waals surface area contributed by atoms with Crippen LogP contribution in [0.25, 0.3) is 21.3 Å². The molecule has 0 aliphatic rings. The second-order valence-electron chi connectivity index (χ2n) is 5.79. The molecule has 0 unspecified atom stereocenters. The average Bonchev–Trinajstić information content (AvgIpc) is 3.21. The summed E-state index contributed by atoms with van der Waals surface area (Å²) in [6.07, 6.45) is 1.72. The van der Waals surface area contributed by atoms with Gasteiger partial charge in [0.2, 0.25) is 10.0 Å². The first kappa shape index (κ1) is 16.9. The average molecular weight is 380 g/mol. The predicted molar refractivity (Wildman–Crippen MR) is 106 cm³/mol. The van der Waals surface area contributed by atoms with Gasteiger partial charge in [0.15, 0.2) is 0 Å². The molecule has 0 saturated carbocycles. The van der Waals surface area contributed by atoms with Gasteiger partial charge in [-0.1, -0.05) is 48.5 Å². The van der Waals surface area contributed by atoms with Crippen molar-refractivity contribution < 1.29 is 8.42 Å². The zero-order valence-corrected chi connectivity index (χ0v) is 15.4. The van der Waals surface area contributed by atoms with Crippen LogP contribution in [0.2, 0.25) is 0 Å². The largest absolute Gasteiger partial charge is 0.255 e. The molecule has 2 aromatic heterocycles. The second-order valence-corrected chi connectivity index (χ2v) is 8.47. The van der Waals surface area contributed by atoms with Gasteiger partial charge in [0.05, 0.1) is 15.5 Å². The molecule has 130 valence electrons. The number of rotatable bonds is 5. The topological polar surface area (TPSA) is 59.1 Å². The van der Waals surface area contributed by atoms with Crippen molar-refractivity contribution in [2.24, 2.45) is 0 Å². The van der Waals surface area contributed by atoms with Gasteiger partial charge in [-0.25, -0.2) is 13.1 Å². The lowest BCUT2D eigenvalue weighted by atomic mass is 10.1. The molecule has 4 rings (SSSR count). The molecule has 0 spiro atoms. The van der Waals surface area contributed by atoms with Crippen molar-refractivity contribution in [1.82, 2.24) is 9.71 Å². The van der Waals surface area contributed by atoms with Gasteiger partial charge in [-0.2, -0.15) is 0 Å². The van der Waals surface area contributed by atoms with Crippen LogP contribution in [0.4, 0.5) is 0 Å². The summed E-state index contributed by atoms with van der Waals surface area (Å²) in [6.45, 7) is 0.187. The Bertz CT molecular complexity index is 1150. The van der Waals surface area contributed by atoms with E-state index in [-0.39, 0.29) is 11.4 Å². The third-order valence-corrected chi connectivity index (χ3v) is 6.47. The summed E-state index contributed by atoms with van der Waals surface area (Å²) in [6, 6.07) is 20.4. The lowest BCUT2D eigenvalue weighted by Crippen LogP contribution is -2.23. The minimum Gasteiger partial charge on any atom is -0.255 e. The molecule has 0 aliphatic heterocycles. The molecule has 2 aromatic carbocycles. The van der Waals surface area contributed by atoms with E-state index in [1.807, 2.05) is 60.0 Å². The maximum atomic E-state index is 12.9. The summed E-state index contributed by atoms with van der Waals surface area (Å²) in [5.41, 5.74) is 1.65. The quantitative estimate of drug-likeness (QED) is 0.557. The first-order valence-corrected chi connectivity index (χ1v) is 10.5. The molecule has 0 fully saturated rings. The van der Waals surface area contributed by atoms with Crippen molar-refractivity contribution in [2.75, 3.05) is 0 Å². The van der Waals surface area contributed by atoms with Crippen molar-refractivity contribution in [2.45, 2.75) is 11.4 Å².